The van der Waals surface area contributed by atoms with Crippen molar-refractivity contribution in [3.8, 4) is 0 Å². The normalized spacial score (nSPS) is 20.2. The summed E-state index contributed by atoms with van der Waals surface area (Å²) in [6, 6.07) is 0. The molecule has 3 heterocycles. The van der Waals surface area contributed by atoms with Gasteiger partial charge in [-0.15, -0.1) is 0 Å². The van der Waals surface area contributed by atoms with Gasteiger partial charge in [-0.25, -0.2) is 9.97 Å². The Morgan fingerprint density at radius 2 is 2.23 bits per heavy atom. The molecule has 0 aliphatic carbocycles. The van der Waals surface area contributed by atoms with Gasteiger partial charge in [0, 0.05) is 63.8 Å². The Morgan fingerprint density at radius 3 is 3.00 bits per heavy atom. The average molecular weight is 358 g/mol. The third-order valence-electron chi connectivity index (χ3n) is 4.74. The van der Waals surface area contributed by atoms with E-state index in [0.29, 0.717) is 25.9 Å². The lowest BCUT2D eigenvalue weighted by Gasteiger charge is -2.39. The highest BCUT2D eigenvalue weighted by Gasteiger charge is 2.34. The summed E-state index contributed by atoms with van der Waals surface area (Å²) in [5.74, 6) is 1.67. The van der Waals surface area contributed by atoms with Crippen LogP contribution >= 0.6 is 0 Å². The van der Waals surface area contributed by atoms with E-state index in [1.165, 1.54) is 0 Å². The third kappa shape index (κ3) is 4.57. The van der Waals surface area contributed by atoms with Gasteiger partial charge in [0.1, 0.15) is 11.6 Å². The summed E-state index contributed by atoms with van der Waals surface area (Å²) in [5.41, 5.74) is -0.949. The van der Waals surface area contributed by atoms with E-state index in [2.05, 4.69) is 20.3 Å². The zero-order chi connectivity index (χ0) is 18.4. The zero-order valence-electron chi connectivity index (χ0n) is 15.1. The number of nitrogens with zero attached hydrogens (tertiary/aromatic N) is 5. The number of hydrogen-bond donors (Lipinski definition) is 2. The molecule has 0 aromatic carbocycles. The molecule has 1 aliphatic rings. The summed E-state index contributed by atoms with van der Waals surface area (Å²) in [6.45, 7) is 4.15. The number of hydrogen-bond acceptors (Lipinski definition) is 6. The molecule has 0 radical (unpaired) electrons. The fourth-order valence-corrected chi connectivity index (χ4v) is 3.34. The van der Waals surface area contributed by atoms with Crippen LogP contribution in [0.5, 0.6) is 0 Å². The van der Waals surface area contributed by atoms with Crippen LogP contribution in [0, 0.1) is 0 Å². The van der Waals surface area contributed by atoms with Gasteiger partial charge >= 0.3 is 0 Å². The van der Waals surface area contributed by atoms with Gasteiger partial charge < -0.3 is 19.9 Å². The van der Waals surface area contributed by atoms with E-state index >= 15 is 0 Å². The summed E-state index contributed by atoms with van der Waals surface area (Å²) >= 11 is 0. The van der Waals surface area contributed by atoms with Crippen LogP contribution in [0.25, 0.3) is 0 Å². The second-order valence-corrected chi connectivity index (χ2v) is 6.73. The maximum Gasteiger partial charge on any atom is 0.221 e. The standard InChI is InChI=1S/C18H26N6O2/c1-2-15-21-8-11-23(15)10-4-17(25)22-13-18(26)5-3-9-24(14-18)16-12-19-6-7-20-16/h6-8,11-12,26H,2-5,9-10,13-14H2,1H3,(H,22,25)/t18-/m1/s1. The molecule has 1 saturated heterocycles. The summed E-state index contributed by atoms with van der Waals surface area (Å²) < 4.78 is 1.99. The van der Waals surface area contributed by atoms with Crippen LogP contribution in [-0.4, -0.2) is 55.8 Å². The van der Waals surface area contributed by atoms with E-state index in [9.17, 15) is 9.90 Å². The van der Waals surface area contributed by atoms with Crippen molar-refractivity contribution < 1.29 is 9.90 Å². The molecule has 2 aromatic rings. The number of aromatic nitrogens is 4. The molecule has 1 fully saturated rings. The molecule has 0 saturated carbocycles. The van der Waals surface area contributed by atoms with Crippen molar-refractivity contribution in [1.82, 2.24) is 24.8 Å². The maximum absolute atomic E-state index is 12.2. The van der Waals surface area contributed by atoms with Gasteiger partial charge in [0.05, 0.1) is 11.8 Å². The Balaban J connectivity index is 1.49. The minimum absolute atomic E-state index is 0.0641. The number of nitrogens with one attached hydrogen (secondary N) is 1. The quantitative estimate of drug-likeness (QED) is 0.759. The van der Waals surface area contributed by atoms with E-state index in [0.717, 1.165) is 31.0 Å². The Labute approximate surface area is 153 Å². The molecule has 3 rings (SSSR count). The zero-order valence-corrected chi connectivity index (χ0v) is 15.1. The maximum atomic E-state index is 12.2. The number of carbonyl (C=O) groups excluding carboxylic acids is 1. The first-order valence-corrected chi connectivity index (χ1v) is 9.10. The molecule has 26 heavy (non-hydrogen) atoms. The van der Waals surface area contributed by atoms with Crippen LogP contribution in [0.1, 0.15) is 32.0 Å². The molecule has 2 N–H and O–H groups in total. The Morgan fingerprint density at radius 1 is 1.35 bits per heavy atom. The highest BCUT2D eigenvalue weighted by Crippen LogP contribution is 2.23. The van der Waals surface area contributed by atoms with E-state index < -0.39 is 5.60 Å². The molecule has 0 bridgehead atoms. The largest absolute Gasteiger partial charge is 0.386 e. The molecule has 8 nitrogen and oxygen atoms in total. The van der Waals surface area contributed by atoms with Crippen molar-refractivity contribution in [3.05, 3.63) is 36.8 Å². The average Bonchev–Trinajstić information content (AvgIpc) is 3.13. The number of β-amino-alcohol motifs (C(OH)–C–C–N with tert-alkyl or cyclic N) is 1. The van der Waals surface area contributed by atoms with Crippen molar-refractivity contribution in [3.63, 3.8) is 0 Å². The number of aryl methyl sites for hydroxylation is 2. The van der Waals surface area contributed by atoms with Crippen molar-refractivity contribution >= 4 is 11.7 Å². The van der Waals surface area contributed by atoms with Crippen LogP contribution in [0.15, 0.2) is 31.0 Å². The Hall–Kier alpha value is -2.48. The number of imidazole rings is 1. The lowest BCUT2D eigenvalue weighted by atomic mass is 9.92. The lowest BCUT2D eigenvalue weighted by molar-refractivity contribution is -0.122. The Kier molecular flexibility index (Phi) is 5.82. The number of rotatable bonds is 7. The molecule has 1 atom stereocenters. The van der Waals surface area contributed by atoms with E-state index in [-0.39, 0.29) is 12.5 Å². The number of anilines is 1. The van der Waals surface area contributed by atoms with Gasteiger partial charge in [-0.3, -0.25) is 9.78 Å². The first-order chi connectivity index (χ1) is 12.6. The molecular weight excluding hydrogens is 332 g/mol. The summed E-state index contributed by atoms with van der Waals surface area (Å²) in [5, 5.41) is 13.7. The van der Waals surface area contributed by atoms with Crippen LogP contribution in [0.3, 0.4) is 0 Å². The van der Waals surface area contributed by atoms with Gasteiger partial charge in [0.15, 0.2) is 0 Å². The smallest absolute Gasteiger partial charge is 0.221 e. The first-order valence-electron chi connectivity index (χ1n) is 9.10. The van der Waals surface area contributed by atoms with Crippen LogP contribution < -0.4 is 10.2 Å². The van der Waals surface area contributed by atoms with Crippen molar-refractivity contribution in [1.29, 1.82) is 0 Å². The monoisotopic (exact) mass is 358 g/mol. The number of piperidine rings is 1. The molecule has 2 aromatic heterocycles. The van der Waals surface area contributed by atoms with Crippen LogP contribution in [-0.2, 0) is 17.8 Å². The molecular formula is C18H26N6O2. The van der Waals surface area contributed by atoms with Crippen molar-refractivity contribution in [2.45, 2.75) is 44.8 Å². The predicted octanol–water partition coefficient (Wildman–Crippen LogP) is 0.773. The fraction of sp³-hybridized carbons (Fsp3) is 0.556. The number of carbonyl (C=O) groups is 1. The second kappa shape index (κ2) is 8.27. The minimum atomic E-state index is -0.949. The molecule has 1 aliphatic heterocycles. The first kappa shape index (κ1) is 18.3. The SMILES string of the molecule is CCc1nccn1CCC(=O)NC[C@]1(O)CCCN(c2cnccn2)C1. The number of aliphatic hydroxyl groups is 1. The second-order valence-electron chi connectivity index (χ2n) is 6.73. The highest BCUT2D eigenvalue weighted by molar-refractivity contribution is 5.75. The fourth-order valence-electron chi connectivity index (χ4n) is 3.34. The van der Waals surface area contributed by atoms with E-state index in [1.54, 1.807) is 24.8 Å². The summed E-state index contributed by atoms with van der Waals surface area (Å²) in [6.07, 6.45) is 11.3. The van der Waals surface area contributed by atoms with Gasteiger partial charge in [-0.05, 0) is 12.8 Å². The van der Waals surface area contributed by atoms with Gasteiger partial charge in [0.25, 0.3) is 0 Å². The minimum Gasteiger partial charge on any atom is -0.386 e. The lowest BCUT2D eigenvalue weighted by Crippen LogP contribution is -2.54. The summed E-state index contributed by atoms with van der Waals surface area (Å²) in [4.78, 5) is 26.8. The molecule has 0 unspecified atom stereocenters. The van der Waals surface area contributed by atoms with Crippen LogP contribution in [0.4, 0.5) is 5.82 Å². The molecule has 140 valence electrons. The Bertz CT molecular complexity index is 719. The molecule has 1 amide bonds. The van der Waals surface area contributed by atoms with E-state index in [4.69, 9.17) is 0 Å². The molecule has 0 spiro atoms. The van der Waals surface area contributed by atoms with Crippen molar-refractivity contribution in [2.24, 2.45) is 0 Å². The van der Waals surface area contributed by atoms with Gasteiger partial charge in [-0.2, -0.15) is 0 Å². The van der Waals surface area contributed by atoms with E-state index in [1.807, 2.05) is 22.6 Å². The van der Waals surface area contributed by atoms with Gasteiger partial charge in [-0.1, -0.05) is 6.92 Å². The highest BCUT2D eigenvalue weighted by atomic mass is 16.3. The van der Waals surface area contributed by atoms with Gasteiger partial charge in [0.2, 0.25) is 5.91 Å². The number of amides is 1. The predicted molar refractivity (Wildman–Crippen MR) is 97.7 cm³/mol. The topological polar surface area (TPSA) is 96.2 Å². The third-order valence-corrected chi connectivity index (χ3v) is 4.74. The van der Waals surface area contributed by atoms with Crippen LogP contribution in [0.2, 0.25) is 0 Å². The summed E-state index contributed by atoms with van der Waals surface area (Å²) in [7, 11) is 0. The molecule has 8 heteroatoms. The van der Waals surface area contributed by atoms with Crippen molar-refractivity contribution in [2.75, 3.05) is 24.5 Å².